The fourth-order valence-corrected chi connectivity index (χ4v) is 2.69. The number of hydrogen-bond acceptors (Lipinski definition) is 3. The first-order valence-corrected chi connectivity index (χ1v) is 8.17. The lowest BCUT2D eigenvalue weighted by molar-refractivity contribution is -0.143. The highest BCUT2D eigenvalue weighted by Gasteiger charge is 2.22. The van der Waals surface area contributed by atoms with Crippen LogP contribution < -0.4 is 5.32 Å². The maximum absolute atomic E-state index is 11.7. The first-order valence-electron chi connectivity index (χ1n) is 6.80. The summed E-state index contributed by atoms with van der Waals surface area (Å²) in [4.78, 5) is 23.8. The minimum atomic E-state index is -0.992. The molecule has 4 nitrogen and oxygen atoms in total. The van der Waals surface area contributed by atoms with Crippen LogP contribution in [0, 0.1) is 5.92 Å². The van der Waals surface area contributed by atoms with Gasteiger partial charge in [-0.2, -0.15) is 0 Å². The van der Waals surface area contributed by atoms with Crippen LogP contribution in [0.3, 0.4) is 0 Å². The Hall–Kier alpha value is -1.20. The van der Waals surface area contributed by atoms with Crippen molar-refractivity contribution in [3.05, 3.63) is 29.3 Å². The molecule has 0 aliphatic heterocycles. The van der Waals surface area contributed by atoms with E-state index in [-0.39, 0.29) is 11.8 Å². The molecule has 1 rings (SSSR count). The largest absolute Gasteiger partial charge is 0.480 e. The number of amides is 1. The van der Waals surface area contributed by atoms with Crippen LogP contribution >= 0.6 is 23.4 Å². The topological polar surface area (TPSA) is 66.4 Å². The Morgan fingerprint density at radius 2 is 1.90 bits per heavy atom. The Balaban J connectivity index is 2.27. The van der Waals surface area contributed by atoms with Crippen molar-refractivity contribution < 1.29 is 14.7 Å². The van der Waals surface area contributed by atoms with Crippen molar-refractivity contribution in [3.8, 4) is 0 Å². The molecule has 1 aromatic rings. The Labute approximate surface area is 134 Å². The number of aliphatic carboxylic acids is 1. The molecule has 0 saturated carbocycles. The molecule has 0 bridgehead atoms. The predicted octanol–water partition coefficient (Wildman–Crippen LogP) is 3.44. The molecule has 0 aliphatic carbocycles. The molecule has 0 saturated heterocycles. The summed E-state index contributed by atoms with van der Waals surface area (Å²) >= 11 is 7.45. The van der Waals surface area contributed by atoms with E-state index < -0.39 is 12.0 Å². The van der Waals surface area contributed by atoms with E-state index in [1.807, 2.05) is 24.3 Å². The molecule has 0 spiro atoms. The first kappa shape index (κ1) is 17.9. The van der Waals surface area contributed by atoms with Gasteiger partial charge in [0.15, 0.2) is 0 Å². The van der Waals surface area contributed by atoms with Crippen molar-refractivity contribution in [2.75, 3.05) is 5.75 Å². The number of carbonyl (C=O) groups is 2. The van der Waals surface area contributed by atoms with Gasteiger partial charge >= 0.3 is 5.97 Å². The standard InChI is InChI=1S/C15H20ClNO3S/c1-10(2)14(15(19)20)17-13(18)4-3-9-21-12-7-5-11(16)6-8-12/h5-8,10,14H,3-4,9H2,1-2H3,(H,17,18)(H,19,20)/t14-/m0/s1. The van der Waals surface area contributed by atoms with Crippen LogP contribution in [0.25, 0.3) is 0 Å². The second-order valence-corrected chi connectivity index (χ2v) is 6.64. The summed E-state index contributed by atoms with van der Waals surface area (Å²) in [6.07, 6.45) is 1.03. The van der Waals surface area contributed by atoms with Gasteiger partial charge in [0, 0.05) is 16.3 Å². The van der Waals surface area contributed by atoms with E-state index in [0.29, 0.717) is 17.9 Å². The van der Waals surface area contributed by atoms with Crippen LogP contribution in [0.1, 0.15) is 26.7 Å². The number of thioether (sulfide) groups is 1. The van der Waals surface area contributed by atoms with Gasteiger partial charge in [0.1, 0.15) is 6.04 Å². The number of nitrogens with one attached hydrogen (secondary N) is 1. The van der Waals surface area contributed by atoms with Crippen molar-refractivity contribution in [2.45, 2.75) is 37.6 Å². The van der Waals surface area contributed by atoms with Crippen molar-refractivity contribution in [3.63, 3.8) is 0 Å². The summed E-state index contributed by atoms with van der Waals surface area (Å²) in [5, 5.41) is 12.3. The summed E-state index contributed by atoms with van der Waals surface area (Å²) in [7, 11) is 0. The van der Waals surface area contributed by atoms with E-state index in [1.54, 1.807) is 25.6 Å². The lowest BCUT2D eigenvalue weighted by Gasteiger charge is -2.17. The van der Waals surface area contributed by atoms with Crippen molar-refractivity contribution in [1.29, 1.82) is 0 Å². The van der Waals surface area contributed by atoms with Gasteiger partial charge < -0.3 is 10.4 Å². The highest BCUT2D eigenvalue weighted by Crippen LogP contribution is 2.21. The summed E-state index contributed by atoms with van der Waals surface area (Å²) in [5.74, 6) is -0.536. The number of carboxylic acid groups (broad SMARTS) is 1. The third-order valence-corrected chi connectivity index (χ3v) is 4.23. The number of hydrogen-bond donors (Lipinski definition) is 2. The second kappa shape index (κ2) is 8.95. The van der Waals surface area contributed by atoms with Gasteiger partial charge in [0.05, 0.1) is 0 Å². The van der Waals surface area contributed by atoms with Crippen molar-refractivity contribution in [2.24, 2.45) is 5.92 Å². The fourth-order valence-electron chi connectivity index (χ4n) is 1.71. The SMILES string of the molecule is CC(C)[C@H](NC(=O)CCCSc1ccc(Cl)cc1)C(=O)O. The lowest BCUT2D eigenvalue weighted by atomic mass is 10.0. The Morgan fingerprint density at radius 1 is 1.29 bits per heavy atom. The van der Waals surface area contributed by atoms with E-state index >= 15 is 0 Å². The molecule has 1 amide bonds. The molecular weight excluding hydrogens is 310 g/mol. The van der Waals surface area contributed by atoms with Crippen LogP contribution in [-0.4, -0.2) is 28.8 Å². The van der Waals surface area contributed by atoms with Crippen LogP contribution in [0.5, 0.6) is 0 Å². The molecule has 0 heterocycles. The van der Waals surface area contributed by atoms with E-state index in [9.17, 15) is 9.59 Å². The van der Waals surface area contributed by atoms with E-state index in [0.717, 1.165) is 10.6 Å². The van der Waals surface area contributed by atoms with Crippen molar-refractivity contribution >= 4 is 35.2 Å². The zero-order valence-electron chi connectivity index (χ0n) is 12.1. The van der Waals surface area contributed by atoms with Gasteiger partial charge in [0.2, 0.25) is 5.91 Å². The summed E-state index contributed by atoms with van der Waals surface area (Å²) in [6, 6.07) is 6.72. The number of halogens is 1. The molecule has 0 aromatic heterocycles. The van der Waals surface area contributed by atoms with Gasteiger partial charge in [-0.3, -0.25) is 4.79 Å². The van der Waals surface area contributed by atoms with Crippen LogP contribution in [0.2, 0.25) is 5.02 Å². The highest BCUT2D eigenvalue weighted by molar-refractivity contribution is 7.99. The van der Waals surface area contributed by atoms with Gasteiger partial charge in [-0.15, -0.1) is 11.8 Å². The molecule has 2 N–H and O–H groups in total. The second-order valence-electron chi connectivity index (χ2n) is 5.03. The molecule has 21 heavy (non-hydrogen) atoms. The smallest absolute Gasteiger partial charge is 0.326 e. The molecule has 1 aromatic carbocycles. The molecule has 6 heteroatoms. The predicted molar refractivity (Wildman–Crippen MR) is 85.8 cm³/mol. The third kappa shape index (κ3) is 6.87. The summed E-state index contributed by atoms with van der Waals surface area (Å²) in [6.45, 7) is 3.55. The van der Waals surface area contributed by atoms with Crippen molar-refractivity contribution in [1.82, 2.24) is 5.32 Å². The Kier molecular flexibility index (Phi) is 7.61. The Morgan fingerprint density at radius 3 is 2.43 bits per heavy atom. The minimum Gasteiger partial charge on any atom is -0.480 e. The molecule has 0 fully saturated rings. The normalized spacial score (nSPS) is 12.2. The van der Waals surface area contributed by atoms with Gasteiger partial charge in [-0.25, -0.2) is 4.79 Å². The van der Waals surface area contributed by atoms with Crippen LogP contribution in [0.15, 0.2) is 29.2 Å². The molecule has 0 unspecified atom stereocenters. The first-order chi connectivity index (χ1) is 9.90. The van der Waals surface area contributed by atoms with Crippen LogP contribution in [0.4, 0.5) is 0 Å². The fraction of sp³-hybridized carbons (Fsp3) is 0.467. The average molecular weight is 330 g/mol. The maximum Gasteiger partial charge on any atom is 0.326 e. The van der Waals surface area contributed by atoms with Gasteiger partial charge in [-0.1, -0.05) is 25.4 Å². The molecule has 0 radical (unpaired) electrons. The highest BCUT2D eigenvalue weighted by atomic mass is 35.5. The number of carboxylic acids is 1. The molecule has 1 atom stereocenters. The molecule has 116 valence electrons. The summed E-state index contributed by atoms with van der Waals surface area (Å²) in [5.41, 5.74) is 0. The number of benzene rings is 1. The van der Waals surface area contributed by atoms with Gasteiger partial charge in [0.25, 0.3) is 0 Å². The zero-order valence-corrected chi connectivity index (χ0v) is 13.7. The number of rotatable bonds is 8. The molecule has 0 aliphatic rings. The average Bonchev–Trinajstić information content (AvgIpc) is 2.42. The number of carbonyl (C=O) groups excluding carboxylic acids is 1. The zero-order chi connectivity index (χ0) is 15.8. The Bertz CT molecular complexity index is 476. The maximum atomic E-state index is 11.7. The lowest BCUT2D eigenvalue weighted by Crippen LogP contribution is -2.44. The van der Waals surface area contributed by atoms with Crippen LogP contribution in [-0.2, 0) is 9.59 Å². The third-order valence-electron chi connectivity index (χ3n) is 2.88. The van der Waals surface area contributed by atoms with E-state index in [1.165, 1.54) is 0 Å². The van der Waals surface area contributed by atoms with Gasteiger partial charge in [-0.05, 0) is 42.4 Å². The monoisotopic (exact) mass is 329 g/mol. The molecular formula is C15H20ClNO3S. The van der Waals surface area contributed by atoms with E-state index in [4.69, 9.17) is 16.7 Å². The summed E-state index contributed by atoms with van der Waals surface area (Å²) < 4.78 is 0. The minimum absolute atomic E-state index is 0.130. The quantitative estimate of drug-likeness (QED) is 0.566. The van der Waals surface area contributed by atoms with E-state index in [2.05, 4.69) is 5.32 Å².